The van der Waals surface area contributed by atoms with E-state index in [1.165, 1.54) is 10.9 Å². The Morgan fingerprint density at radius 1 is 1.70 bits per heavy atom. The van der Waals surface area contributed by atoms with Crippen molar-refractivity contribution in [2.45, 2.75) is 0 Å². The number of carboxylic acid groups (broad SMARTS) is 1. The largest absolute Gasteiger partial charge is 0.478 e. The van der Waals surface area contributed by atoms with Gasteiger partial charge in [0.05, 0.1) is 0 Å². The van der Waals surface area contributed by atoms with Gasteiger partial charge in [-0.25, -0.2) is 9.48 Å². The maximum Gasteiger partial charge on any atom is 0.329 e. The van der Waals surface area contributed by atoms with Crippen LogP contribution in [0.3, 0.4) is 0 Å². The van der Waals surface area contributed by atoms with Crippen molar-refractivity contribution >= 4 is 12.2 Å². The van der Waals surface area contributed by atoms with Crippen molar-refractivity contribution in [3.8, 4) is 0 Å². The van der Waals surface area contributed by atoms with E-state index in [1.54, 1.807) is 18.5 Å². The van der Waals surface area contributed by atoms with Crippen molar-refractivity contribution in [2.75, 3.05) is 0 Å². The summed E-state index contributed by atoms with van der Waals surface area (Å²) >= 11 is 0. The average Bonchev–Trinajstić information content (AvgIpc) is 2.34. The molecule has 0 bridgehead atoms. The summed E-state index contributed by atoms with van der Waals surface area (Å²) in [5.41, 5.74) is 0. The number of nitrogens with zero attached hydrogens (tertiary/aromatic N) is 2. The van der Waals surface area contributed by atoms with Crippen LogP contribution in [0.25, 0.3) is 6.20 Å². The van der Waals surface area contributed by atoms with Crippen LogP contribution in [-0.4, -0.2) is 20.9 Å². The van der Waals surface area contributed by atoms with Gasteiger partial charge >= 0.3 is 5.97 Å². The second kappa shape index (κ2) is 2.82. The Morgan fingerprint density at radius 2 is 2.50 bits per heavy atom. The standard InChI is InChI=1S/C6H6N2O2/c9-6(10)2-5-8-4-1-3-7-8/h1-5H,(H,9,10)/b5-2+. The van der Waals surface area contributed by atoms with Crippen molar-refractivity contribution in [2.24, 2.45) is 0 Å². The van der Waals surface area contributed by atoms with Crippen LogP contribution in [0.15, 0.2) is 24.5 Å². The van der Waals surface area contributed by atoms with Crippen molar-refractivity contribution in [3.05, 3.63) is 24.5 Å². The second-order valence-corrected chi connectivity index (χ2v) is 1.64. The van der Waals surface area contributed by atoms with Crippen molar-refractivity contribution in [3.63, 3.8) is 0 Å². The molecule has 52 valence electrons. The topological polar surface area (TPSA) is 55.1 Å². The quantitative estimate of drug-likeness (QED) is 0.603. The molecule has 0 atom stereocenters. The third kappa shape index (κ3) is 1.74. The van der Waals surface area contributed by atoms with Gasteiger partial charge < -0.3 is 5.11 Å². The number of aromatic nitrogens is 2. The Morgan fingerprint density at radius 3 is 3.00 bits per heavy atom. The Kier molecular flexibility index (Phi) is 1.84. The van der Waals surface area contributed by atoms with E-state index in [1.807, 2.05) is 0 Å². The van der Waals surface area contributed by atoms with Crippen LogP contribution >= 0.6 is 0 Å². The molecule has 0 fully saturated rings. The molecule has 1 rings (SSSR count). The van der Waals surface area contributed by atoms with E-state index in [2.05, 4.69) is 5.10 Å². The molecule has 1 heterocycles. The van der Waals surface area contributed by atoms with Gasteiger partial charge in [-0.15, -0.1) is 0 Å². The van der Waals surface area contributed by atoms with E-state index >= 15 is 0 Å². The molecular weight excluding hydrogens is 132 g/mol. The molecule has 1 aromatic rings. The maximum absolute atomic E-state index is 9.97. The SMILES string of the molecule is O=C(O)/C=C/n1cccn1. The Labute approximate surface area is 57.4 Å². The first-order valence-corrected chi connectivity index (χ1v) is 2.69. The Hall–Kier alpha value is -1.58. The zero-order valence-electron chi connectivity index (χ0n) is 5.14. The van der Waals surface area contributed by atoms with Crippen LogP contribution in [0.2, 0.25) is 0 Å². The molecule has 0 saturated carbocycles. The van der Waals surface area contributed by atoms with Gasteiger partial charge in [0.15, 0.2) is 0 Å². The minimum Gasteiger partial charge on any atom is -0.478 e. The minimum absolute atomic E-state index is 0.976. The average molecular weight is 138 g/mol. The van der Waals surface area contributed by atoms with Crippen LogP contribution in [0, 0.1) is 0 Å². The minimum atomic E-state index is -0.976. The summed E-state index contributed by atoms with van der Waals surface area (Å²) in [6, 6.07) is 1.71. The highest BCUT2D eigenvalue weighted by molar-refractivity contribution is 5.82. The fourth-order valence-electron chi connectivity index (χ4n) is 0.509. The summed E-state index contributed by atoms with van der Waals surface area (Å²) in [7, 11) is 0. The highest BCUT2D eigenvalue weighted by Gasteiger charge is 1.85. The molecule has 0 aliphatic rings. The normalized spacial score (nSPS) is 10.4. The lowest BCUT2D eigenvalue weighted by atomic mass is 10.6. The van der Waals surface area contributed by atoms with E-state index in [9.17, 15) is 4.79 Å². The number of hydrogen-bond donors (Lipinski definition) is 1. The first-order chi connectivity index (χ1) is 4.79. The molecule has 0 aliphatic carbocycles. The summed E-state index contributed by atoms with van der Waals surface area (Å²) in [4.78, 5) is 9.97. The molecular formula is C6H6N2O2. The number of rotatable bonds is 2. The van der Waals surface area contributed by atoms with Crippen LogP contribution in [-0.2, 0) is 4.79 Å². The highest BCUT2D eigenvalue weighted by atomic mass is 16.4. The summed E-state index contributed by atoms with van der Waals surface area (Å²) in [5.74, 6) is -0.976. The van der Waals surface area contributed by atoms with Crippen LogP contribution < -0.4 is 0 Å². The monoisotopic (exact) mass is 138 g/mol. The third-order valence-electron chi connectivity index (χ3n) is 0.895. The number of carbonyl (C=O) groups is 1. The predicted octanol–water partition coefficient (Wildman–Crippen LogP) is 0.438. The van der Waals surface area contributed by atoms with Gasteiger partial charge in [-0.2, -0.15) is 5.10 Å². The van der Waals surface area contributed by atoms with Gasteiger partial charge in [0, 0.05) is 24.7 Å². The zero-order valence-corrected chi connectivity index (χ0v) is 5.14. The molecule has 4 nitrogen and oxygen atoms in total. The Balaban J connectivity index is 2.64. The molecule has 0 spiro atoms. The van der Waals surface area contributed by atoms with E-state index < -0.39 is 5.97 Å². The van der Waals surface area contributed by atoms with E-state index in [-0.39, 0.29) is 0 Å². The van der Waals surface area contributed by atoms with Crippen LogP contribution in [0.5, 0.6) is 0 Å². The first kappa shape index (κ1) is 6.54. The second-order valence-electron chi connectivity index (χ2n) is 1.64. The summed E-state index contributed by atoms with van der Waals surface area (Å²) < 4.78 is 1.41. The van der Waals surface area contributed by atoms with Gasteiger partial charge in [0.25, 0.3) is 0 Å². The van der Waals surface area contributed by atoms with Gasteiger partial charge in [-0.05, 0) is 6.07 Å². The highest BCUT2D eigenvalue weighted by Crippen LogP contribution is 1.84. The summed E-state index contributed by atoms with van der Waals surface area (Å²) in [6.07, 6.45) is 5.61. The van der Waals surface area contributed by atoms with Crippen molar-refractivity contribution in [1.29, 1.82) is 0 Å². The fourth-order valence-corrected chi connectivity index (χ4v) is 0.509. The molecule has 0 aliphatic heterocycles. The molecule has 10 heavy (non-hydrogen) atoms. The van der Waals surface area contributed by atoms with Crippen LogP contribution in [0.4, 0.5) is 0 Å². The molecule has 0 saturated heterocycles. The smallest absolute Gasteiger partial charge is 0.329 e. The molecule has 1 aromatic heterocycles. The van der Waals surface area contributed by atoms with Gasteiger partial charge in [0.2, 0.25) is 0 Å². The number of carboxylic acids is 1. The lowest BCUT2D eigenvalue weighted by molar-refractivity contribution is -0.131. The van der Waals surface area contributed by atoms with E-state index in [0.717, 1.165) is 6.08 Å². The predicted molar refractivity (Wildman–Crippen MR) is 35.2 cm³/mol. The lowest BCUT2D eigenvalue weighted by Crippen LogP contribution is -1.90. The van der Waals surface area contributed by atoms with Crippen molar-refractivity contribution < 1.29 is 9.90 Å². The maximum atomic E-state index is 9.97. The third-order valence-corrected chi connectivity index (χ3v) is 0.895. The lowest BCUT2D eigenvalue weighted by Gasteiger charge is -1.85. The van der Waals surface area contributed by atoms with Crippen LogP contribution in [0.1, 0.15) is 0 Å². The number of hydrogen-bond acceptors (Lipinski definition) is 2. The molecule has 4 heteroatoms. The Bertz CT molecular complexity index is 238. The zero-order chi connectivity index (χ0) is 7.40. The van der Waals surface area contributed by atoms with Gasteiger partial charge in [0.1, 0.15) is 0 Å². The fraction of sp³-hybridized carbons (Fsp3) is 0. The first-order valence-electron chi connectivity index (χ1n) is 2.69. The summed E-state index contributed by atoms with van der Waals surface area (Å²) in [5, 5.41) is 11.9. The molecule has 0 amide bonds. The molecule has 0 aromatic carbocycles. The van der Waals surface area contributed by atoms with E-state index in [0.29, 0.717) is 0 Å². The molecule has 0 radical (unpaired) electrons. The van der Waals surface area contributed by atoms with Gasteiger partial charge in [-0.3, -0.25) is 0 Å². The molecule has 1 N–H and O–H groups in total. The molecule has 0 unspecified atom stereocenters. The van der Waals surface area contributed by atoms with Gasteiger partial charge in [-0.1, -0.05) is 0 Å². The van der Waals surface area contributed by atoms with Crippen molar-refractivity contribution in [1.82, 2.24) is 9.78 Å². The number of aliphatic carboxylic acids is 1. The van der Waals surface area contributed by atoms with E-state index in [4.69, 9.17) is 5.11 Å². The summed E-state index contributed by atoms with van der Waals surface area (Å²) in [6.45, 7) is 0.